The predicted octanol–water partition coefficient (Wildman–Crippen LogP) is 2.14. The number of hydrogen-bond donors (Lipinski definition) is 2. The van der Waals surface area contributed by atoms with Crippen LogP contribution in [0.15, 0.2) is 18.2 Å². The molecule has 1 aliphatic heterocycles. The van der Waals surface area contributed by atoms with E-state index in [9.17, 15) is 9.59 Å². The molecule has 1 aromatic rings. The first-order valence-electron chi connectivity index (χ1n) is 9.44. The first-order chi connectivity index (χ1) is 13.0. The normalized spacial score (nSPS) is 16.9. The minimum absolute atomic E-state index is 0.0363. The van der Waals surface area contributed by atoms with Gasteiger partial charge in [-0.25, -0.2) is 4.79 Å². The molecule has 7 heteroatoms. The van der Waals surface area contributed by atoms with Gasteiger partial charge in [0.2, 0.25) is 0 Å². The number of carbonyl (C=O) groups excluding carboxylic acids is 2. The van der Waals surface area contributed by atoms with Gasteiger partial charge < -0.3 is 24.8 Å². The maximum absolute atomic E-state index is 12.6. The van der Waals surface area contributed by atoms with E-state index in [-0.39, 0.29) is 17.9 Å². The first kappa shape index (κ1) is 21.0. The molecule has 27 heavy (non-hydrogen) atoms. The fourth-order valence-electron chi connectivity index (χ4n) is 3.02. The fourth-order valence-corrected chi connectivity index (χ4v) is 3.02. The fraction of sp³-hybridized carbons (Fsp3) is 0.600. The summed E-state index contributed by atoms with van der Waals surface area (Å²) in [6.07, 6.45) is 2.74. The summed E-state index contributed by atoms with van der Waals surface area (Å²) in [5.41, 5.74) is 0.404. The van der Waals surface area contributed by atoms with Gasteiger partial charge in [0.1, 0.15) is 12.1 Å². The Morgan fingerprint density at radius 2 is 1.93 bits per heavy atom. The zero-order valence-corrected chi connectivity index (χ0v) is 16.5. The number of piperidine rings is 1. The van der Waals surface area contributed by atoms with Crippen LogP contribution in [-0.2, 0) is 9.53 Å². The molecule has 1 aliphatic rings. The lowest BCUT2D eigenvalue weighted by atomic mass is 9.99. The zero-order valence-electron chi connectivity index (χ0n) is 16.5. The third-order valence-electron chi connectivity index (χ3n) is 4.96. The summed E-state index contributed by atoms with van der Waals surface area (Å²) in [5, 5.41) is 6.07. The van der Waals surface area contributed by atoms with Gasteiger partial charge in [-0.3, -0.25) is 4.79 Å². The number of hydrogen-bond acceptors (Lipinski definition) is 6. The van der Waals surface area contributed by atoms with E-state index in [1.165, 1.54) is 7.11 Å². The van der Waals surface area contributed by atoms with Gasteiger partial charge in [0, 0.05) is 5.56 Å². The number of amides is 1. The molecule has 2 rings (SSSR count). The van der Waals surface area contributed by atoms with Crippen molar-refractivity contribution in [3.8, 4) is 11.5 Å². The molecule has 7 nitrogen and oxygen atoms in total. The van der Waals surface area contributed by atoms with Gasteiger partial charge in [-0.15, -0.1) is 0 Å². The Labute approximate surface area is 160 Å². The average molecular weight is 378 g/mol. The molecule has 0 aromatic heterocycles. The molecule has 2 atom stereocenters. The summed E-state index contributed by atoms with van der Waals surface area (Å²) < 4.78 is 16.3. The third kappa shape index (κ3) is 5.60. The Hall–Kier alpha value is -2.28. The number of methoxy groups -OCH3 is 2. The van der Waals surface area contributed by atoms with Crippen molar-refractivity contribution in [1.29, 1.82) is 0 Å². The van der Waals surface area contributed by atoms with Gasteiger partial charge >= 0.3 is 5.97 Å². The monoisotopic (exact) mass is 378 g/mol. The molecule has 0 saturated carbocycles. The van der Waals surface area contributed by atoms with Crippen molar-refractivity contribution in [2.24, 2.45) is 5.92 Å². The van der Waals surface area contributed by atoms with Crippen molar-refractivity contribution in [2.75, 3.05) is 27.3 Å². The van der Waals surface area contributed by atoms with E-state index in [1.54, 1.807) is 25.3 Å². The summed E-state index contributed by atoms with van der Waals surface area (Å²) >= 11 is 0. The van der Waals surface area contributed by atoms with Gasteiger partial charge in [0.25, 0.3) is 5.91 Å². The summed E-state index contributed by atoms with van der Waals surface area (Å²) in [7, 11) is 2.86. The Balaban J connectivity index is 2.12. The Morgan fingerprint density at radius 1 is 1.22 bits per heavy atom. The number of rotatable bonds is 8. The summed E-state index contributed by atoms with van der Waals surface area (Å²) in [6.45, 7) is 5.72. The predicted molar refractivity (Wildman–Crippen MR) is 102 cm³/mol. The summed E-state index contributed by atoms with van der Waals surface area (Å²) in [5.74, 6) is 0.283. The Kier molecular flexibility index (Phi) is 7.91. The van der Waals surface area contributed by atoms with Gasteiger partial charge in [-0.1, -0.05) is 20.3 Å². The number of benzene rings is 1. The number of carbonyl (C=O) groups is 2. The van der Waals surface area contributed by atoms with Crippen LogP contribution < -0.4 is 20.1 Å². The molecular weight excluding hydrogens is 348 g/mol. The van der Waals surface area contributed by atoms with Crippen molar-refractivity contribution in [2.45, 2.75) is 45.3 Å². The van der Waals surface area contributed by atoms with Crippen LogP contribution in [0, 0.1) is 5.92 Å². The van der Waals surface area contributed by atoms with Crippen molar-refractivity contribution in [3.05, 3.63) is 23.8 Å². The number of nitrogens with one attached hydrogen (secondary N) is 2. The lowest BCUT2D eigenvalue weighted by Crippen LogP contribution is -2.45. The van der Waals surface area contributed by atoms with E-state index < -0.39 is 12.0 Å². The van der Waals surface area contributed by atoms with Gasteiger partial charge in [0.15, 0.2) is 11.5 Å². The minimum Gasteiger partial charge on any atom is -0.493 e. The quantitative estimate of drug-likeness (QED) is 0.674. The number of ether oxygens (including phenoxy) is 3. The van der Waals surface area contributed by atoms with Crippen molar-refractivity contribution < 1.29 is 23.8 Å². The molecule has 1 saturated heterocycles. The third-order valence-corrected chi connectivity index (χ3v) is 4.96. The van der Waals surface area contributed by atoms with Crippen LogP contribution in [0.5, 0.6) is 11.5 Å². The second kappa shape index (κ2) is 10.2. The van der Waals surface area contributed by atoms with Gasteiger partial charge in [0.05, 0.1) is 14.2 Å². The molecule has 0 bridgehead atoms. The lowest BCUT2D eigenvalue weighted by molar-refractivity contribution is -0.144. The minimum atomic E-state index is -0.691. The van der Waals surface area contributed by atoms with Crippen LogP contribution in [0.4, 0.5) is 0 Å². The molecule has 2 unspecified atom stereocenters. The van der Waals surface area contributed by atoms with Gasteiger partial charge in [-0.2, -0.15) is 0 Å². The van der Waals surface area contributed by atoms with Crippen molar-refractivity contribution in [1.82, 2.24) is 10.6 Å². The van der Waals surface area contributed by atoms with Gasteiger partial charge in [-0.05, 0) is 50.0 Å². The van der Waals surface area contributed by atoms with E-state index in [1.807, 2.05) is 13.8 Å². The molecule has 1 amide bonds. The highest BCUT2D eigenvalue weighted by atomic mass is 16.5. The number of esters is 1. The maximum atomic E-state index is 12.6. The first-order valence-corrected chi connectivity index (χ1v) is 9.44. The Bertz CT molecular complexity index is 643. The summed E-state index contributed by atoms with van der Waals surface area (Å²) in [4.78, 5) is 24.6. The van der Waals surface area contributed by atoms with Crippen molar-refractivity contribution in [3.63, 3.8) is 0 Å². The standard InChI is InChI=1S/C20H30N2O5/c1-5-13(2)18(20(24)26-4)22-19(23)14-6-7-16(17(12-14)25-3)27-15-8-10-21-11-9-15/h6-7,12-13,15,18,21H,5,8-11H2,1-4H3,(H,22,23). The SMILES string of the molecule is CCC(C)C(NC(=O)c1ccc(OC2CCNCC2)c(OC)c1)C(=O)OC. The maximum Gasteiger partial charge on any atom is 0.328 e. The van der Waals surface area contributed by atoms with Crippen LogP contribution >= 0.6 is 0 Å². The van der Waals surface area contributed by atoms with Crippen LogP contribution in [-0.4, -0.2) is 51.3 Å². The molecule has 1 heterocycles. The van der Waals surface area contributed by atoms with Crippen LogP contribution in [0.1, 0.15) is 43.5 Å². The summed E-state index contributed by atoms with van der Waals surface area (Å²) in [6, 6.07) is 4.37. The highest BCUT2D eigenvalue weighted by Gasteiger charge is 2.27. The van der Waals surface area contributed by atoms with E-state index in [4.69, 9.17) is 14.2 Å². The highest BCUT2D eigenvalue weighted by molar-refractivity contribution is 5.97. The van der Waals surface area contributed by atoms with E-state index in [0.717, 1.165) is 32.4 Å². The molecule has 1 aromatic carbocycles. The van der Waals surface area contributed by atoms with E-state index in [0.29, 0.717) is 17.1 Å². The molecule has 2 N–H and O–H groups in total. The van der Waals surface area contributed by atoms with Crippen LogP contribution in [0.25, 0.3) is 0 Å². The van der Waals surface area contributed by atoms with Crippen LogP contribution in [0.2, 0.25) is 0 Å². The molecule has 0 spiro atoms. The van der Waals surface area contributed by atoms with E-state index >= 15 is 0 Å². The Morgan fingerprint density at radius 3 is 2.52 bits per heavy atom. The van der Waals surface area contributed by atoms with Crippen LogP contribution in [0.3, 0.4) is 0 Å². The zero-order chi connectivity index (χ0) is 19.8. The molecule has 0 radical (unpaired) electrons. The highest BCUT2D eigenvalue weighted by Crippen LogP contribution is 2.30. The molecular formula is C20H30N2O5. The second-order valence-electron chi connectivity index (χ2n) is 6.79. The van der Waals surface area contributed by atoms with E-state index in [2.05, 4.69) is 10.6 Å². The lowest BCUT2D eigenvalue weighted by Gasteiger charge is -2.25. The van der Waals surface area contributed by atoms with Crippen molar-refractivity contribution >= 4 is 11.9 Å². The smallest absolute Gasteiger partial charge is 0.328 e. The molecule has 150 valence electrons. The second-order valence-corrected chi connectivity index (χ2v) is 6.79. The molecule has 0 aliphatic carbocycles. The largest absolute Gasteiger partial charge is 0.493 e. The topological polar surface area (TPSA) is 85.9 Å². The average Bonchev–Trinajstić information content (AvgIpc) is 2.71. The molecule has 1 fully saturated rings.